The number of hydrogen-bond acceptors (Lipinski definition) is 1. The summed E-state index contributed by atoms with van der Waals surface area (Å²) in [6.07, 6.45) is 6.81. The molecule has 3 aliphatic carbocycles. The van der Waals surface area contributed by atoms with Crippen LogP contribution in [0, 0.1) is 23.7 Å². The highest BCUT2D eigenvalue weighted by atomic mass is 16.3. The Kier molecular flexibility index (Phi) is 1.18. The molecular formula is C10H16O. The summed E-state index contributed by atoms with van der Waals surface area (Å²) in [5.74, 6) is 3.58. The van der Waals surface area contributed by atoms with Crippen molar-refractivity contribution >= 4 is 0 Å². The molecule has 62 valence electrons. The van der Waals surface area contributed by atoms with Gasteiger partial charge in [0.1, 0.15) is 0 Å². The smallest absolute Gasteiger partial charge is 0.0573 e. The predicted octanol–water partition coefficient (Wildman–Crippen LogP) is 1.80. The summed E-state index contributed by atoms with van der Waals surface area (Å²) < 4.78 is 0. The third-order valence-electron chi connectivity index (χ3n) is 4.45. The number of hydrogen-bond donors (Lipinski definition) is 1. The zero-order valence-corrected chi connectivity index (χ0v) is 6.87. The van der Waals surface area contributed by atoms with E-state index in [4.69, 9.17) is 0 Å². The molecule has 3 fully saturated rings. The lowest BCUT2D eigenvalue weighted by molar-refractivity contribution is 0.0358. The first-order chi connectivity index (χ1) is 5.36. The quantitative estimate of drug-likeness (QED) is 0.561. The van der Waals surface area contributed by atoms with Crippen molar-refractivity contribution in [1.29, 1.82) is 0 Å². The molecule has 1 heteroatoms. The number of aliphatic hydroxyl groups excluding tert-OH is 1. The van der Waals surface area contributed by atoms with Crippen LogP contribution < -0.4 is 0 Å². The van der Waals surface area contributed by atoms with Gasteiger partial charge < -0.3 is 5.11 Å². The fraction of sp³-hybridized carbons (Fsp3) is 1.00. The zero-order valence-electron chi connectivity index (χ0n) is 6.87. The van der Waals surface area contributed by atoms with E-state index in [9.17, 15) is 5.11 Å². The molecule has 3 aliphatic rings. The Bertz CT molecular complexity index is 176. The first kappa shape index (κ1) is 6.47. The highest BCUT2D eigenvalue weighted by Gasteiger charge is 2.51. The maximum Gasteiger partial charge on any atom is 0.0573 e. The Labute approximate surface area is 67.8 Å². The Morgan fingerprint density at radius 2 is 1.55 bits per heavy atom. The Morgan fingerprint density at radius 1 is 0.818 bits per heavy atom. The maximum absolute atomic E-state index is 9.78. The first-order valence-electron chi connectivity index (χ1n) is 5.04. The molecule has 0 aromatic heterocycles. The number of rotatable bonds is 0. The summed E-state index contributed by atoms with van der Waals surface area (Å²) in [6, 6.07) is 0. The minimum Gasteiger partial charge on any atom is -0.393 e. The van der Waals surface area contributed by atoms with Gasteiger partial charge in [-0.2, -0.15) is 0 Å². The van der Waals surface area contributed by atoms with Crippen LogP contribution in [0.15, 0.2) is 0 Å². The number of aliphatic hydroxyl groups is 1. The van der Waals surface area contributed by atoms with Crippen LogP contribution in [0.2, 0.25) is 0 Å². The minimum atomic E-state index is 0.0752. The third kappa shape index (κ3) is 0.703. The second kappa shape index (κ2) is 2.01. The van der Waals surface area contributed by atoms with E-state index in [0.29, 0.717) is 5.92 Å². The van der Waals surface area contributed by atoms with Crippen molar-refractivity contribution in [2.75, 3.05) is 0 Å². The molecule has 0 aromatic carbocycles. The summed E-state index contributed by atoms with van der Waals surface area (Å²) in [6.45, 7) is 0. The van der Waals surface area contributed by atoms with Gasteiger partial charge >= 0.3 is 0 Å². The molecule has 0 amide bonds. The molecule has 1 N–H and O–H groups in total. The standard InChI is InChI=1S/C10H16O/c11-10-5-6-1-2-8-7(6)3-4-9(8)10/h6-11H,1-5H2/t6-,7-,8-,9+,10+/m0/s1. The Balaban J connectivity index is 1.96. The van der Waals surface area contributed by atoms with Crippen LogP contribution >= 0.6 is 0 Å². The molecule has 0 aliphatic heterocycles. The molecule has 0 unspecified atom stereocenters. The summed E-state index contributed by atoms with van der Waals surface area (Å²) in [5.41, 5.74) is 0. The molecule has 0 radical (unpaired) electrons. The van der Waals surface area contributed by atoms with E-state index in [2.05, 4.69) is 0 Å². The van der Waals surface area contributed by atoms with E-state index in [1.54, 1.807) is 0 Å². The summed E-state index contributed by atoms with van der Waals surface area (Å²) in [7, 11) is 0. The van der Waals surface area contributed by atoms with Gasteiger partial charge in [-0.3, -0.25) is 0 Å². The van der Waals surface area contributed by atoms with Crippen LogP contribution in [-0.4, -0.2) is 11.2 Å². The van der Waals surface area contributed by atoms with Gasteiger partial charge in [0.05, 0.1) is 6.10 Å². The predicted molar refractivity (Wildman–Crippen MR) is 43.1 cm³/mol. The second-order valence-electron chi connectivity index (χ2n) is 4.71. The fourth-order valence-corrected chi connectivity index (χ4v) is 4.02. The van der Waals surface area contributed by atoms with Crippen molar-refractivity contribution in [2.24, 2.45) is 23.7 Å². The second-order valence-corrected chi connectivity index (χ2v) is 4.71. The van der Waals surface area contributed by atoms with E-state index in [1.807, 2.05) is 0 Å². The van der Waals surface area contributed by atoms with E-state index in [1.165, 1.54) is 25.7 Å². The third-order valence-corrected chi connectivity index (χ3v) is 4.45. The molecule has 1 nitrogen and oxygen atoms in total. The van der Waals surface area contributed by atoms with Gasteiger partial charge in [-0.1, -0.05) is 0 Å². The van der Waals surface area contributed by atoms with Crippen LogP contribution in [0.1, 0.15) is 32.1 Å². The zero-order chi connectivity index (χ0) is 7.42. The fourth-order valence-electron chi connectivity index (χ4n) is 4.02. The molecule has 0 saturated heterocycles. The molecule has 4 bridgehead atoms. The average Bonchev–Trinajstić information content (AvgIpc) is 2.44. The highest BCUT2D eigenvalue weighted by molar-refractivity contribution is 5.01. The van der Waals surface area contributed by atoms with Crippen molar-refractivity contribution in [3.05, 3.63) is 0 Å². The summed E-state index contributed by atoms with van der Waals surface area (Å²) >= 11 is 0. The van der Waals surface area contributed by atoms with Crippen molar-refractivity contribution in [1.82, 2.24) is 0 Å². The van der Waals surface area contributed by atoms with Crippen molar-refractivity contribution in [3.63, 3.8) is 0 Å². The van der Waals surface area contributed by atoms with E-state index < -0.39 is 0 Å². The van der Waals surface area contributed by atoms with Gasteiger partial charge in [0.2, 0.25) is 0 Å². The van der Waals surface area contributed by atoms with E-state index in [0.717, 1.165) is 24.2 Å². The van der Waals surface area contributed by atoms with Gasteiger partial charge in [-0.15, -0.1) is 0 Å². The van der Waals surface area contributed by atoms with Gasteiger partial charge in [-0.25, -0.2) is 0 Å². The lowest BCUT2D eigenvalue weighted by atomic mass is 9.77. The van der Waals surface area contributed by atoms with E-state index >= 15 is 0 Å². The summed E-state index contributed by atoms with van der Waals surface area (Å²) in [5, 5.41) is 9.78. The Hall–Kier alpha value is -0.0400. The molecular weight excluding hydrogens is 136 g/mol. The van der Waals surface area contributed by atoms with Crippen molar-refractivity contribution < 1.29 is 5.11 Å². The van der Waals surface area contributed by atoms with Gasteiger partial charge in [-0.05, 0) is 55.8 Å². The highest BCUT2D eigenvalue weighted by Crippen LogP contribution is 2.57. The minimum absolute atomic E-state index is 0.0752. The normalized spacial score (nSPS) is 60.3. The van der Waals surface area contributed by atoms with Crippen LogP contribution in [-0.2, 0) is 0 Å². The summed E-state index contributed by atoms with van der Waals surface area (Å²) in [4.78, 5) is 0. The van der Waals surface area contributed by atoms with Crippen LogP contribution in [0.3, 0.4) is 0 Å². The first-order valence-corrected chi connectivity index (χ1v) is 5.04. The topological polar surface area (TPSA) is 20.2 Å². The SMILES string of the molecule is O[C@@H]1C[C@@H]2CC[C@@H]3[C@H]1CC[C@@H]23. The van der Waals surface area contributed by atoms with Crippen LogP contribution in [0.25, 0.3) is 0 Å². The molecule has 0 heterocycles. The maximum atomic E-state index is 9.78. The van der Waals surface area contributed by atoms with Gasteiger partial charge in [0, 0.05) is 0 Å². The van der Waals surface area contributed by atoms with Gasteiger partial charge in [0.15, 0.2) is 0 Å². The molecule has 0 aromatic rings. The van der Waals surface area contributed by atoms with Crippen molar-refractivity contribution in [3.8, 4) is 0 Å². The molecule has 5 atom stereocenters. The van der Waals surface area contributed by atoms with Crippen LogP contribution in [0.4, 0.5) is 0 Å². The molecule has 3 saturated carbocycles. The van der Waals surface area contributed by atoms with E-state index in [-0.39, 0.29) is 6.10 Å². The lowest BCUT2D eigenvalue weighted by Gasteiger charge is -2.31. The lowest BCUT2D eigenvalue weighted by Crippen LogP contribution is -2.31. The molecule has 3 rings (SSSR count). The molecule has 0 spiro atoms. The average molecular weight is 152 g/mol. The molecule has 11 heavy (non-hydrogen) atoms. The van der Waals surface area contributed by atoms with Gasteiger partial charge in [0.25, 0.3) is 0 Å². The Morgan fingerprint density at radius 3 is 2.45 bits per heavy atom. The van der Waals surface area contributed by atoms with Crippen LogP contribution in [0.5, 0.6) is 0 Å². The largest absolute Gasteiger partial charge is 0.393 e. The van der Waals surface area contributed by atoms with Crippen molar-refractivity contribution in [2.45, 2.75) is 38.2 Å². The monoisotopic (exact) mass is 152 g/mol.